The maximum atomic E-state index is 13.6. The third-order valence-corrected chi connectivity index (χ3v) is 8.43. The van der Waals surface area contributed by atoms with Gasteiger partial charge in [0.05, 0.1) is 39.3 Å². The highest BCUT2D eigenvalue weighted by molar-refractivity contribution is 5.89. The molecule has 2 amide bonds. The maximum Gasteiger partial charge on any atom is 0.319 e. The molecule has 41 heavy (non-hydrogen) atoms. The minimum atomic E-state index is -1.01. The number of hydrogen-bond donors (Lipinski definition) is 2. The van der Waals surface area contributed by atoms with Gasteiger partial charge in [-0.05, 0) is 62.1 Å². The van der Waals surface area contributed by atoms with Gasteiger partial charge in [-0.15, -0.1) is 5.10 Å². The van der Waals surface area contributed by atoms with Gasteiger partial charge in [0.25, 0.3) is 0 Å². The van der Waals surface area contributed by atoms with Crippen molar-refractivity contribution in [2.75, 3.05) is 39.7 Å². The molecular weight excluding hydrogens is 534 g/mol. The van der Waals surface area contributed by atoms with Gasteiger partial charge in [-0.2, -0.15) is 0 Å². The summed E-state index contributed by atoms with van der Waals surface area (Å²) in [6, 6.07) is 9.03. The standard InChI is InChI=1S/C29H36F2N6O4/c1-39-18-22-17-32-35-37(22)13-12-36-11-10-29(19-4-7-25(40-2)26(14-19)41-3)9-8-21(16-27(29)36)34-28(38)33-20-5-6-23(30)24(31)15-20/h4-7,14-15,17,21,27H,8-13,16,18H2,1-3H3,(H2,33,34,38)/t21-,27+,29-/m0/s1. The van der Waals surface area contributed by atoms with Crippen molar-refractivity contribution in [3.05, 3.63) is 65.5 Å². The van der Waals surface area contributed by atoms with Gasteiger partial charge >= 0.3 is 6.03 Å². The summed E-state index contributed by atoms with van der Waals surface area (Å²) in [6.45, 7) is 2.74. The van der Waals surface area contributed by atoms with E-state index in [1.807, 2.05) is 10.7 Å². The molecule has 10 nitrogen and oxygen atoms in total. The number of aromatic nitrogens is 3. The molecule has 2 N–H and O–H groups in total. The highest BCUT2D eigenvalue weighted by Crippen LogP contribution is 2.50. The molecule has 0 unspecified atom stereocenters. The van der Waals surface area contributed by atoms with Gasteiger partial charge in [0, 0.05) is 42.9 Å². The zero-order valence-electron chi connectivity index (χ0n) is 23.5. The molecule has 1 aliphatic heterocycles. The second-order valence-corrected chi connectivity index (χ2v) is 10.6. The Morgan fingerprint density at radius 3 is 2.63 bits per heavy atom. The number of halogens is 2. The lowest BCUT2D eigenvalue weighted by molar-refractivity contribution is 0.129. The first-order valence-electron chi connectivity index (χ1n) is 13.7. The largest absolute Gasteiger partial charge is 0.493 e. The Labute approximate surface area is 237 Å². The van der Waals surface area contributed by atoms with Gasteiger partial charge in [-0.25, -0.2) is 18.3 Å². The van der Waals surface area contributed by atoms with E-state index in [1.165, 1.54) is 11.6 Å². The summed E-state index contributed by atoms with van der Waals surface area (Å²) >= 11 is 0. The highest BCUT2D eigenvalue weighted by Gasteiger charge is 2.51. The molecule has 5 rings (SSSR count). The molecule has 1 aliphatic carbocycles. The molecule has 3 atom stereocenters. The number of rotatable bonds is 10. The Morgan fingerprint density at radius 1 is 1.05 bits per heavy atom. The Bertz CT molecular complexity index is 1370. The zero-order valence-corrected chi connectivity index (χ0v) is 23.5. The average Bonchev–Trinajstić information content (AvgIpc) is 3.58. The van der Waals surface area contributed by atoms with E-state index >= 15 is 0 Å². The van der Waals surface area contributed by atoms with E-state index in [0.29, 0.717) is 24.7 Å². The van der Waals surface area contributed by atoms with Crippen molar-refractivity contribution in [2.24, 2.45) is 0 Å². The second-order valence-electron chi connectivity index (χ2n) is 10.6. The van der Waals surface area contributed by atoms with Crippen LogP contribution >= 0.6 is 0 Å². The first-order chi connectivity index (χ1) is 19.9. The van der Waals surface area contributed by atoms with Gasteiger partial charge in [0.2, 0.25) is 0 Å². The van der Waals surface area contributed by atoms with E-state index < -0.39 is 17.7 Å². The highest BCUT2D eigenvalue weighted by atomic mass is 19.2. The number of benzene rings is 2. The Balaban J connectivity index is 1.35. The average molecular weight is 571 g/mol. The monoisotopic (exact) mass is 570 g/mol. The van der Waals surface area contributed by atoms with Gasteiger partial charge in [0.15, 0.2) is 23.1 Å². The summed E-state index contributed by atoms with van der Waals surface area (Å²) in [5.74, 6) is -0.603. The zero-order chi connectivity index (χ0) is 29.0. The number of amides is 2. The van der Waals surface area contributed by atoms with Gasteiger partial charge < -0.3 is 24.8 Å². The van der Waals surface area contributed by atoms with E-state index in [4.69, 9.17) is 14.2 Å². The van der Waals surface area contributed by atoms with E-state index in [0.717, 1.165) is 56.6 Å². The van der Waals surface area contributed by atoms with E-state index in [-0.39, 0.29) is 23.2 Å². The van der Waals surface area contributed by atoms with Gasteiger partial charge in [-0.1, -0.05) is 11.3 Å². The van der Waals surface area contributed by atoms with Crippen LogP contribution in [0.1, 0.15) is 36.9 Å². The number of carbonyl (C=O) groups excluding carboxylic acids is 1. The molecular formula is C29H36F2N6O4. The first kappa shape index (κ1) is 28.7. The first-order valence-corrected chi connectivity index (χ1v) is 13.7. The maximum absolute atomic E-state index is 13.6. The van der Waals surface area contributed by atoms with E-state index in [9.17, 15) is 13.6 Å². The number of nitrogens with zero attached hydrogens (tertiary/aromatic N) is 4. The number of nitrogens with one attached hydrogen (secondary N) is 2. The van der Waals surface area contributed by atoms with Crippen LogP contribution in [0, 0.1) is 11.6 Å². The molecule has 2 aliphatic rings. The SMILES string of the molecule is COCc1cnnn1CCN1CC[C@]2(c3ccc(OC)c(OC)c3)CC[C@H](NC(=O)Nc3ccc(F)c(F)c3)C[C@@H]12. The number of methoxy groups -OCH3 is 3. The Kier molecular flexibility index (Phi) is 8.69. The van der Waals surface area contributed by atoms with Gasteiger partial charge in [0.1, 0.15) is 0 Å². The van der Waals surface area contributed by atoms with Crippen molar-refractivity contribution in [1.82, 2.24) is 25.2 Å². The Hall–Kier alpha value is -3.77. The number of fused-ring (bicyclic) bond motifs is 1. The summed E-state index contributed by atoms with van der Waals surface area (Å²) < 4.78 is 45.2. The predicted molar refractivity (Wildman–Crippen MR) is 148 cm³/mol. The van der Waals surface area contributed by atoms with Crippen molar-refractivity contribution in [3.63, 3.8) is 0 Å². The molecule has 1 aromatic heterocycles. The minimum absolute atomic E-state index is 0.102. The van der Waals surface area contributed by atoms with E-state index in [2.05, 4.69) is 38.0 Å². The molecule has 2 heterocycles. The summed E-state index contributed by atoms with van der Waals surface area (Å²) in [6.07, 6.45) is 5.03. The quantitative estimate of drug-likeness (QED) is 0.378. The molecule has 220 valence electrons. The van der Waals surface area contributed by atoms with Crippen molar-refractivity contribution in [2.45, 2.75) is 56.3 Å². The Morgan fingerprint density at radius 2 is 1.88 bits per heavy atom. The van der Waals surface area contributed by atoms with Crippen LogP contribution in [0.5, 0.6) is 11.5 Å². The van der Waals surface area contributed by atoms with Crippen molar-refractivity contribution < 1.29 is 27.8 Å². The molecule has 3 aromatic rings. The van der Waals surface area contributed by atoms with Crippen LogP contribution in [0.2, 0.25) is 0 Å². The fraction of sp³-hybridized carbons (Fsp3) is 0.483. The lowest BCUT2D eigenvalue weighted by Gasteiger charge is -2.45. The number of carbonyl (C=O) groups is 1. The molecule has 0 radical (unpaired) electrons. The second kappa shape index (κ2) is 12.4. The minimum Gasteiger partial charge on any atom is -0.493 e. The number of hydrogen-bond acceptors (Lipinski definition) is 7. The predicted octanol–water partition coefficient (Wildman–Crippen LogP) is 4.11. The van der Waals surface area contributed by atoms with Crippen molar-refractivity contribution in [1.29, 1.82) is 0 Å². The van der Waals surface area contributed by atoms with Crippen LogP contribution in [0.25, 0.3) is 0 Å². The van der Waals surface area contributed by atoms with Crippen molar-refractivity contribution in [3.8, 4) is 11.5 Å². The van der Waals surface area contributed by atoms with Gasteiger partial charge in [-0.3, -0.25) is 4.90 Å². The summed E-state index contributed by atoms with van der Waals surface area (Å²) in [5.41, 5.74) is 2.16. The molecule has 0 bridgehead atoms. The summed E-state index contributed by atoms with van der Waals surface area (Å²) in [5, 5.41) is 14.0. The fourth-order valence-electron chi connectivity index (χ4n) is 6.40. The number of urea groups is 1. The molecule has 2 fully saturated rings. The van der Waals surface area contributed by atoms with Crippen LogP contribution in [0.3, 0.4) is 0 Å². The molecule has 1 saturated heterocycles. The third kappa shape index (κ3) is 5.98. The normalized spacial score (nSPS) is 22.3. The third-order valence-electron chi connectivity index (χ3n) is 8.43. The van der Waals surface area contributed by atoms with Crippen LogP contribution in [-0.2, 0) is 23.3 Å². The molecule has 2 aromatic carbocycles. The lowest BCUT2D eigenvalue weighted by atomic mass is 9.65. The smallest absolute Gasteiger partial charge is 0.319 e. The van der Waals surface area contributed by atoms with Crippen LogP contribution in [-0.4, -0.2) is 72.4 Å². The number of ether oxygens (including phenoxy) is 3. The summed E-state index contributed by atoms with van der Waals surface area (Å²) in [7, 11) is 4.91. The summed E-state index contributed by atoms with van der Waals surface area (Å²) in [4.78, 5) is 15.3. The fourth-order valence-corrected chi connectivity index (χ4v) is 6.40. The van der Waals surface area contributed by atoms with E-state index in [1.54, 1.807) is 27.5 Å². The van der Waals surface area contributed by atoms with Crippen LogP contribution < -0.4 is 20.1 Å². The lowest BCUT2D eigenvalue weighted by Crippen LogP contribution is -2.53. The molecule has 1 saturated carbocycles. The van der Waals surface area contributed by atoms with Crippen LogP contribution in [0.15, 0.2) is 42.6 Å². The van der Waals surface area contributed by atoms with Crippen molar-refractivity contribution >= 4 is 11.7 Å². The number of likely N-dealkylation sites (tertiary alicyclic amines) is 1. The molecule has 12 heteroatoms. The van der Waals surface area contributed by atoms with Crippen LogP contribution in [0.4, 0.5) is 19.3 Å². The topological polar surface area (TPSA) is 103 Å². The number of anilines is 1. The molecule has 0 spiro atoms.